The van der Waals surface area contributed by atoms with Crippen molar-refractivity contribution < 1.29 is 12.6 Å². The van der Waals surface area contributed by atoms with E-state index in [1.807, 2.05) is 6.92 Å². The second kappa shape index (κ2) is 5.41. The van der Waals surface area contributed by atoms with E-state index in [0.717, 1.165) is 0 Å². The lowest BCUT2D eigenvalue weighted by Crippen LogP contribution is -2.41. The molecule has 0 bridgehead atoms. The summed E-state index contributed by atoms with van der Waals surface area (Å²) in [4.78, 5) is 0. The Morgan fingerprint density at radius 3 is 2.40 bits per heavy atom. The second-order valence-corrected chi connectivity index (χ2v) is 8.25. The Morgan fingerprint density at radius 2 is 1.93 bits per heavy atom. The fourth-order valence-corrected chi connectivity index (χ4v) is 3.37. The average molecular weight is 253 g/mol. The van der Waals surface area contributed by atoms with Crippen LogP contribution >= 0.6 is 0 Å². The molecule has 90 valence electrons. The maximum absolute atomic E-state index is 11.2. The van der Waals surface area contributed by atoms with Crippen molar-refractivity contribution in [3.63, 3.8) is 0 Å². The van der Waals surface area contributed by atoms with E-state index in [1.165, 1.54) is 0 Å². The van der Waals surface area contributed by atoms with Crippen molar-refractivity contribution in [2.45, 2.75) is 31.1 Å². The summed E-state index contributed by atoms with van der Waals surface area (Å²) in [6, 6.07) is 0.277. The van der Waals surface area contributed by atoms with Crippen molar-refractivity contribution in [3.8, 4) is 0 Å². The van der Waals surface area contributed by atoms with Crippen molar-refractivity contribution in [2.24, 2.45) is 0 Å². The van der Waals surface area contributed by atoms with Crippen molar-refractivity contribution in [1.29, 1.82) is 0 Å². The topological polar surface area (TPSA) is 63.2 Å². The van der Waals surface area contributed by atoms with Crippen molar-refractivity contribution >= 4 is 20.6 Å². The molecule has 1 N–H and O–H groups in total. The molecular weight excluding hydrogens is 234 g/mol. The Hall–Kier alpha value is 0.0600. The van der Waals surface area contributed by atoms with Gasteiger partial charge in [-0.15, -0.1) is 0 Å². The first kappa shape index (κ1) is 13.1. The molecule has 0 aromatic heterocycles. The van der Waals surface area contributed by atoms with Gasteiger partial charge in [0.2, 0.25) is 0 Å². The predicted molar refractivity (Wildman–Crippen MR) is 63.2 cm³/mol. The standard InChI is InChI=1S/C9H19NO3S2/c1-8(14(2)11)7-10-9-3-5-15(12,13)6-4-9/h8-10H,3-7H2,1-2H3. The number of hydrogen-bond acceptors (Lipinski definition) is 4. The van der Waals surface area contributed by atoms with E-state index < -0.39 is 20.6 Å². The molecule has 0 saturated carbocycles. The fraction of sp³-hybridized carbons (Fsp3) is 1.00. The van der Waals surface area contributed by atoms with Gasteiger partial charge in [-0.1, -0.05) is 0 Å². The van der Waals surface area contributed by atoms with Crippen molar-refractivity contribution in [1.82, 2.24) is 5.32 Å². The smallest absolute Gasteiger partial charge is 0.150 e. The Balaban J connectivity index is 2.28. The Bertz CT molecular complexity index is 312. The molecule has 0 aliphatic carbocycles. The highest BCUT2D eigenvalue weighted by molar-refractivity contribution is 7.91. The SMILES string of the molecule is CC(CNC1CCS(=O)(=O)CC1)S(C)=O. The van der Waals surface area contributed by atoms with Gasteiger partial charge in [-0.25, -0.2) is 8.42 Å². The van der Waals surface area contributed by atoms with Gasteiger partial charge in [0.25, 0.3) is 0 Å². The van der Waals surface area contributed by atoms with Gasteiger partial charge in [0.1, 0.15) is 9.84 Å². The minimum atomic E-state index is -2.77. The molecule has 0 amide bonds. The van der Waals surface area contributed by atoms with Gasteiger partial charge in [0.15, 0.2) is 0 Å². The van der Waals surface area contributed by atoms with Crippen LogP contribution in [0.5, 0.6) is 0 Å². The van der Waals surface area contributed by atoms with Crippen LogP contribution in [-0.2, 0) is 20.6 Å². The maximum atomic E-state index is 11.2. The second-order valence-electron chi connectivity index (χ2n) is 4.14. The molecule has 1 heterocycles. The highest BCUT2D eigenvalue weighted by Gasteiger charge is 2.23. The quantitative estimate of drug-likeness (QED) is 0.761. The first-order chi connectivity index (χ1) is 6.91. The monoisotopic (exact) mass is 253 g/mol. The van der Waals surface area contributed by atoms with E-state index in [0.29, 0.717) is 19.4 Å². The molecule has 15 heavy (non-hydrogen) atoms. The molecule has 0 spiro atoms. The molecule has 0 aromatic carbocycles. The molecule has 1 saturated heterocycles. The van der Waals surface area contributed by atoms with Gasteiger partial charge >= 0.3 is 0 Å². The third-order valence-corrected chi connectivity index (χ3v) is 5.83. The zero-order chi connectivity index (χ0) is 11.5. The van der Waals surface area contributed by atoms with E-state index >= 15 is 0 Å². The fourth-order valence-electron chi connectivity index (χ4n) is 1.54. The summed E-state index contributed by atoms with van der Waals surface area (Å²) in [5.41, 5.74) is 0. The van der Waals surface area contributed by atoms with Crippen LogP contribution in [0.4, 0.5) is 0 Å². The van der Waals surface area contributed by atoms with Crippen LogP contribution in [0.2, 0.25) is 0 Å². The molecule has 1 aliphatic rings. The molecule has 1 rings (SSSR count). The number of hydrogen-bond donors (Lipinski definition) is 1. The van der Waals surface area contributed by atoms with Gasteiger partial charge in [0, 0.05) is 34.9 Å². The van der Waals surface area contributed by atoms with Crippen molar-refractivity contribution in [2.75, 3.05) is 24.3 Å². The Morgan fingerprint density at radius 1 is 1.40 bits per heavy atom. The Kier molecular flexibility index (Phi) is 4.73. The molecular formula is C9H19NO3S2. The van der Waals surface area contributed by atoms with Crippen LogP contribution in [0.15, 0.2) is 0 Å². The number of rotatable bonds is 4. The summed E-state index contributed by atoms with van der Waals surface area (Å²) in [7, 11) is -3.58. The van der Waals surface area contributed by atoms with E-state index in [4.69, 9.17) is 0 Å². The number of nitrogens with one attached hydrogen (secondary N) is 1. The maximum Gasteiger partial charge on any atom is 0.150 e. The largest absolute Gasteiger partial charge is 0.313 e. The zero-order valence-electron chi connectivity index (χ0n) is 9.23. The average Bonchev–Trinajstić information content (AvgIpc) is 2.15. The van der Waals surface area contributed by atoms with Crippen LogP contribution in [-0.4, -0.2) is 48.2 Å². The van der Waals surface area contributed by atoms with Crippen LogP contribution in [0.3, 0.4) is 0 Å². The zero-order valence-corrected chi connectivity index (χ0v) is 10.9. The summed E-state index contributed by atoms with van der Waals surface area (Å²) >= 11 is 0. The molecule has 1 aliphatic heterocycles. The Labute approximate surface area is 94.2 Å². The van der Waals surface area contributed by atoms with Gasteiger partial charge in [-0.05, 0) is 19.8 Å². The van der Waals surface area contributed by atoms with Crippen LogP contribution in [0.25, 0.3) is 0 Å². The third-order valence-electron chi connectivity index (χ3n) is 2.82. The van der Waals surface area contributed by atoms with Gasteiger partial charge < -0.3 is 5.32 Å². The lowest BCUT2D eigenvalue weighted by Gasteiger charge is -2.24. The highest BCUT2D eigenvalue weighted by atomic mass is 32.2. The lowest BCUT2D eigenvalue weighted by atomic mass is 10.1. The first-order valence-corrected chi connectivity index (χ1v) is 8.61. The highest BCUT2D eigenvalue weighted by Crippen LogP contribution is 2.12. The summed E-state index contributed by atoms with van der Waals surface area (Å²) in [5, 5.41) is 3.41. The summed E-state index contributed by atoms with van der Waals surface area (Å²) < 4.78 is 33.4. The molecule has 0 aromatic rings. The molecule has 1 fully saturated rings. The van der Waals surface area contributed by atoms with Gasteiger partial charge in [-0.2, -0.15) is 0 Å². The van der Waals surface area contributed by atoms with E-state index in [2.05, 4.69) is 5.32 Å². The first-order valence-electron chi connectivity index (χ1n) is 5.17. The lowest BCUT2D eigenvalue weighted by molar-refractivity contribution is 0.465. The summed E-state index contributed by atoms with van der Waals surface area (Å²) in [5.74, 6) is 0.572. The van der Waals surface area contributed by atoms with E-state index in [-0.39, 0.29) is 22.8 Å². The molecule has 2 unspecified atom stereocenters. The summed E-state index contributed by atoms with van der Waals surface area (Å²) in [6.07, 6.45) is 3.06. The molecule has 2 atom stereocenters. The van der Waals surface area contributed by atoms with E-state index in [1.54, 1.807) is 6.26 Å². The van der Waals surface area contributed by atoms with Crippen LogP contribution in [0, 0.1) is 0 Å². The van der Waals surface area contributed by atoms with E-state index in [9.17, 15) is 12.6 Å². The summed E-state index contributed by atoms with van der Waals surface area (Å²) in [6.45, 7) is 2.64. The van der Waals surface area contributed by atoms with Gasteiger partial charge in [-0.3, -0.25) is 4.21 Å². The van der Waals surface area contributed by atoms with Crippen molar-refractivity contribution in [3.05, 3.63) is 0 Å². The van der Waals surface area contributed by atoms with Crippen LogP contribution < -0.4 is 5.32 Å². The molecule has 4 nitrogen and oxygen atoms in total. The number of sulfone groups is 1. The molecule has 6 heteroatoms. The third kappa shape index (κ3) is 4.61. The normalized spacial score (nSPS) is 26.0. The predicted octanol–water partition coefficient (Wildman–Crippen LogP) is -0.0798. The molecule has 0 radical (unpaired) electrons. The minimum Gasteiger partial charge on any atom is -0.313 e. The minimum absolute atomic E-state index is 0.128. The van der Waals surface area contributed by atoms with Crippen LogP contribution in [0.1, 0.15) is 19.8 Å². The van der Waals surface area contributed by atoms with Gasteiger partial charge in [0.05, 0.1) is 11.5 Å².